The Bertz CT molecular complexity index is 567. The van der Waals surface area contributed by atoms with E-state index < -0.39 is 5.97 Å². The van der Waals surface area contributed by atoms with Crippen LogP contribution < -0.4 is 0 Å². The predicted octanol–water partition coefficient (Wildman–Crippen LogP) is 1.86. The Kier molecular flexibility index (Phi) is 2.74. The zero-order valence-corrected chi connectivity index (χ0v) is 9.08. The van der Waals surface area contributed by atoms with Crippen molar-refractivity contribution in [3.05, 3.63) is 42.0 Å². The van der Waals surface area contributed by atoms with Crippen LogP contribution in [-0.4, -0.2) is 26.2 Å². The predicted molar refractivity (Wildman–Crippen MR) is 60.8 cm³/mol. The van der Waals surface area contributed by atoms with Gasteiger partial charge in [-0.15, -0.1) is 0 Å². The van der Waals surface area contributed by atoms with Crippen LogP contribution in [0.4, 0.5) is 0 Å². The van der Waals surface area contributed by atoms with E-state index in [0.29, 0.717) is 16.8 Å². The minimum Gasteiger partial charge on any atom is -0.505 e. The summed E-state index contributed by atoms with van der Waals surface area (Å²) in [6, 6.07) is 3.33. The highest BCUT2D eigenvalue weighted by atomic mass is 16.4. The Balaban J connectivity index is 2.71. The van der Waals surface area contributed by atoms with Crippen LogP contribution in [0.3, 0.4) is 0 Å². The summed E-state index contributed by atoms with van der Waals surface area (Å²) in [5.74, 6) is -1.48. The maximum Gasteiger partial charge on any atom is 0.340 e. The summed E-state index contributed by atoms with van der Waals surface area (Å²) in [4.78, 5) is 19.0. The van der Waals surface area contributed by atoms with Gasteiger partial charge in [-0.25, -0.2) is 4.79 Å². The molecule has 0 aliphatic heterocycles. The molecule has 0 atom stereocenters. The van der Waals surface area contributed by atoms with Crippen molar-refractivity contribution < 1.29 is 15.0 Å². The summed E-state index contributed by atoms with van der Waals surface area (Å²) in [7, 11) is 0. The van der Waals surface area contributed by atoms with Crippen molar-refractivity contribution in [1.82, 2.24) is 9.97 Å². The van der Waals surface area contributed by atoms with Gasteiger partial charge in [0.25, 0.3) is 0 Å². The Morgan fingerprint density at radius 2 is 1.94 bits per heavy atom. The van der Waals surface area contributed by atoms with Crippen molar-refractivity contribution in [3.8, 4) is 16.9 Å². The first kappa shape index (κ1) is 11.1. The molecule has 2 aromatic heterocycles. The third-order valence-electron chi connectivity index (χ3n) is 2.44. The lowest BCUT2D eigenvalue weighted by Crippen LogP contribution is -2.03. The van der Waals surface area contributed by atoms with E-state index in [2.05, 4.69) is 9.97 Å². The number of aromatic hydroxyl groups is 1. The third kappa shape index (κ3) is 1.94. The van der Waals surface area contributed by atoms with Gasteiger partial charge in [0.1, 0.15) is 5.56 Å². The van der Waals surface area contributed by atoms with E-state index in [4.69, 9.17) is 5.11 Å². The minimum atomic E-state index is -1.18. The lowest BCUT2D eigenvalue weighted by molar-refractivity contribution is 0.0694. The number of rotatable bonds is 2. The fraction of sp³-hybridized carbons (Fsp3) is 0.0833. The SMILES string of the molecule is Cc1ncc(-c2ccncc2)c(C(=O)O)c1O. The average Bonchev–Trinajstić information content (AvgIpc) is 2.33. The summed E-state index contributed by atoms with van der Waals surface area (Å²) in [5, 5.41) is 18.9. The van der Waals surface area contributed by atoms with Crippen LogP contribution in [0.5, 0.6) is 5.75 Å². The molecule has 2 heterocycles. The van der Waals surface area contributed by atoms with Gasteiger partial charge >= 0.3 is 5.97 Å². The molecule has 17 heavy (non-hydrogen) atoms. The highest BCUT2D eigenvalue weighted by Crippen LogP contribution is 2.30. The first-order valence-corrected chi connectivity index (χ1v) is 4.93. The number of pyridine rings is 2. The van der Waals surface area contributed by atoms with Crippen LogP contribution in [0.1, 0.15) is 16.1 Å². The molecule has 0 aliphatic carbocycles. The number of carboxylic acid groups (broad SMARTS) is 1. The highest BCUT2D eigenvalue weighted by molar-refractivity contribution is 5.98. The normalized spacial score (nSPS) is 10.2. The number of aromatic nitrogens is 2. The van der Waals surface area contributed by atoms with Gasteiger partial charge in [0.15, 0.2) is 5.75 Å². The largest absolute Gasteiger partial charge is 0.505 e. The van der Waals surface area contributed by atoms with Crippen LogP contribution in [-0.2, 0) is 0 Å². The molecule has 5 heteroatoms. The van der Waals surface area contributed by atoms with E-state index >= 15 is 0 Å². The summed E-state index contributed by atoms with van der Waals surface area (Å²) in [6.07, 6.45) is 4.55. The molecule has 0 unspecified atom stereocenters. The molecule has 0 aliphatic rings. The maximum atomic E-state index is 11.2. The molecule has 2 N–H and O–H groups in total. The summed E-state index contributed by atoms with van der Waals surface area (Å²) < 4.78 is 0. The zero-order chi connectivity index (χ0) is 12.4. The van der Waals surface area contributed by atoms with Gasteiger partial charge in [0, 0.05) is 24.2 Å². The van der Waals surface area contributed by atoms with E-state index in [-0.39, 0.29) is 11.3 Å². The Morgan fingerprint density at radius 3 is 2.53 bits per heavy atom. The molecule has 5 nitrogen and oxygen atoms in total. The Hall–Kier alpha value is -2.43. The molecular formula is C12H10N2O3. The lowest BCUT2D eigenvalue weighted by atomic mass is 10.0. The van der Waals surface area contributed by atoms with E-state index in [1.807, 2.05) is 0 Å². The number of carbonyl (C=O) groups is 1. The van der Waals surface area contributed by atoms with Gasteiger partial charge in [-0.05, 0) is 24.6 Å². The lowest BCUT2D eigenvalue weighted by Gasteiger charge is -2.09. The number of aryl methyl sites for hydroxylation is 1. The number of carboxylic acids is 1. The molecular weight excluding hydrogens is 220 g/mol. The molecule has 0 amide bonds. The van der Waals surface area contributed by atoms with Crippen LogP contribution in [0.25, 0.3) is 11.1 Å². The van der Waals surface area contributed by atoms with E-state index in [1.54, 1.807) is 31.5 Å². The van der Waals surface area contributed by atoms with Crippen LogP contribution >= 0.6 is 0 Å². The second-order valence-electron chi connectivity index (χ2n) is 3.52. The topological polar surface area (TPSA) is 83.3 Å². The van der Waals surface area contributed by atoms with Gasteiger partial charge in [-0.3, -0.25) is 9.97 Å². The third-order valence-corrected chi connectivity index (χ3v) is 2.44. The molecule has 0 radical (unpaired) electrons. The van der Waals surface area contributed by atoms with Crippen molar-refractivity contribution in [2.75, 3.05) is 0 Å². The van der Waals surface area contributed by atoms with Gasteiger partial charge in [0.05, 0.1) is 5.69 Å². The van der Waals surface area contributed by atoms with Crippen LogP contribution in [0, 0.1) is 6.92 Å². The summed E-state index contributed by atoms with van der Waals surface area (Å²) >= 11 is 0. The number of hydrogen-bond donors (Lipinski definition) is 2. The standard InChI is InChI=1S/C12H10N2O3/c1-7-11(15)10(12(16)17)9(6-14-7)8-2-4-13-5-3-8/h2-6,15H,1H3,(H,16,17). The maximum absolute atomic E-state index is 11.2. The van der Waals surface area contributed by atoms with Crippen molar-refractivity contribution >= 4 is 5.97 Å². The molecule has 0 spiro atoms. The van der Waals surface area contributed by atoms with Crippen LogP contribution in [0.2, 0.25) is 0 Å². The van der Waals surface area contributed by atoms with Crippen molar-refractivity contribution in [1.29, 1.82) is 0 Å². The fourth-order valence-electron chi connectivity index (χ4n) is 1.56. The molecule has 2 rings (SSSR count). The Labute approximate surface area is 97.4 Å². The minimum absolute atomic E-state index is 0.135. The molecule has 0 saturated carbocycles. The monoisotopic (exact) mass is 230 g/mol. The first-order chi connectivity index (χ1) is 8.11. The zero-order valence-electron chi connectivity index (χ0n) is 9.08. The van der Waals surface area contributed by atoms with E-state index in [0.717, 1.165) is 0 Å². The second-order valence-corrected chi connectivity index (χ2v) is 3.52. The summed E-state index contributed by atoms with van der Waals surface area (Å²) in [5.41, 5.74) is 1.19. The average molecular weight is 230 g/mol. The van der Waals surface area contributed by atoms with Gasteiger partial charge in [0.2, 0.25) is 0 Å². The molecule has 86 valence electrons. The number of aromatic carboxylic acids is 1. The van der Waals surface area contributed by atoms with E-state index in [1.165, 1.54) is 6.20 Å². The molecule has 2 aromatic rings. The van der Waals surface area contributed by atoms with Crippen molar-refractivity contribution in [2.45, 2.75) is 6.92 Å². The second kappa shape index (κ2) is 4.21. The van der Waals surface area contributed by atoms with Crippen LogP contribution in [0.15, 0.2) is 30.7 Å². The first-order valence-electron chi connectivity index (χ1n) is 4.93. The van der Waals surface area contributed by atoms with Gasteiger partial charge in [-0.1, -0.05) is 0 Å². The van der Waals surface area contributed by atoms with E-state index in [9.17, 15) is 9.90 Å². The number of nitrogens with zero attached hydrogens (tertiary/aromatic N) is 2. The van der Waals surface area contributed by atoms with Gasteiger partial charge in [-0.2, -0.15) is 0 Å². The van der Waals surface area contributed by atoms with Crippen molar-refractivity contribution in [2.24, 2.45) is 0 Å². The van der Waals surface area contributed by atoms with Gasteiger partial charge < -0.3 is 10.2 Å². The molecule has 0 aromatic carbocycles. The molecule has 0 bridgehead atoms. The summed E-state index contributed by atoms with van der Waals surface area (Å²) in [6.45, 7) is 1.55. The quantitative estimate of drug-likeness (QED) is 0.822. The fourth-order valence-corrected chi connectivity index (χ4v) is 1.56. The molecule has 0 fully saturated rings. The highest BCUT2D eigenvalue weighted by Gasteiger charge is 2.19. The Morgan fingerprint density at radius 1 is 1.29 bits per heavy atom. The number of hydrogen-bond acceptors (Lipinski definition) is 4. The smallest absolute Gasteiger partial charge is 0.340 e. The van der Waals surface area contributed by atoms with Crippen molar-refractivity contribution in [3.63, 3.8) is 0 Å². The molecule has 0 saturated heterocycles.